The van der Waals surface area contributed by atoms with Gasteiger partial charge in [0.2, 0.25) is 6.41 Å². The average Bonchev–Trinajstić information content (AvgIpc) is 2.32. The minimum absolute atomic E-state index is 0.0881. The van der Waals surface area contributed by atoms with Gasteiger partial charge in [0.15, 0.2) is 0 Å². The van der Waals surface area contributed by atoms with Gasteiger partial charge in [-0.3, -0.25) is 9.00 Å². The minimum atomic E-state index is -1.10. The van der Waals surface area contributed by atoms with Gasteiger partial charge in [-0.2, -0.15) is 0 Å². The Morgan fingerprint density at radius 3 is 2.88 bits per heavy atom. The molecule has 1 aromatic carbocycles. The van der Waals surface area contributed by atoms with Crippen molar-refractivity contribution < 1.29 is 17.8 Å². The fraction of sp³-hybridized carbons (Fsp3) is 0.364. The van der Waals surface area contributed by atoms with Crippen molar-refractivity contribution in [2.75, 3.05) is 18.1 Å². The third kappa shape index (κ3) is 2.52. The van der Waals surface area contributed by atoms with Crippen molar-refractivity contribution in [1.29, 1.82) is 0 Å². The molecular formula is C11H11F2NO2S. The van der Waals surface area contributed by atoms with Crippen LogP contribution in [0.4, 0.5) is 8.78 Å². The van der Waals surface area contributed by atoms with Crippen LogP contribution in [0.2, 0.25) is 0 Å². The lowest BCUT2D eigenvalue weighted by molar-refractivity contribution is -0.119. The lowest BCUT2D eigenvalue weighted by Crippen LogP contribution is -2.40. The molecular weight excluding hydrogens is 248 g/mol. The van der Waals surface area contributed by atoms with Gasteiger partial charge in [-0.25, -0.2) is 8.78 Å². The minimum Gasteiger partial charge on any atom is -0.336 e. The maximum atomic E-state index is 13.6. The molecule has 0 aliphatic carbocycles. The van der Waals surface area contributed by atoms with Crippen molar-refractivity contribution in [2.45, 2.75) is 6.04 Å². The number of amides is 1. The van der Waals surface area contributed by atoms with Crippen molar-refractivity contribution >= 4 is 17.2 Å². The summed E-state index contributed by atoms with van der Waals surface area (Å²) in [6.45, 7) is 0.302. The zero-order valence-electron chi connectivity index (χ0n) is 8.94. The highest BCUT2D eigenvalue weighted by molar-refractivity contribution is 7.85. The maximum absolute atomic E-state index is 13.6. The van der Waals surface area contributed by atoms with Crippen LogP contribution in [0.15, 0.2) is 18.2 Å². The van der Waals surface area contributed by atoms with Crippen molar-refractivity contribution in [1.82, 2.24) is 4.90 Å². The van der Waals surface area contributed by atoms with Gasteiger partial charge in [0.05, 0.1) is 6.04 Å². The number of rotatable bonds is 2. The Hall–Kier alpha value is -1.30. The first-order chi connectivity index (χ1) is 8.11. The third-order valence-electron chi connectivity index (χ3n) is 2.77. The Kier molecular flexibility index (Phi) is 3.51. The summed E-state index contributed by atoms with van der Waals surface area (Å²) in [7, 11) is -1.10. The Morgan fingerprint density at radius 2 is 2.18 bits per heavy atom. The highest BCUT2D eigenvalue weighted by atomic mass is 32.2. The number of halogens is 2. The van der Waals surface area contributed by atoms with Gasteiger partial charge >= 0.3 is 0 Å². The summed E-state index contributed by atoms with van der Waals surface area (Å²) in [6.07, 6.45) is 0.589. The van der Waals surface area contributed by atoms with Crippen molar-refractivity contribution in [3.05, 3.63) is 35.4 Å². The molecule has 1 aliphatic rings. The monoisotopic (exact) mass is 259 g/mol. The predicted octanol–water partition coefficient (Wildman–Crippen LogP) is 1.23. The molecule has 2 unspecified atom stereocenters. The van der Waals surface area contributed by atoms with E-state index in [1.807, 2.05) is 0 Å². The standard InChI is InChI=1S/C11H11F2NO2S/c12-8-1-2-10(13)9(5-8)11-6-17(16)4-3-14(11)7-15/h1-2,5,7,11H,3-4,6H2. The molecule has 1 fully saturated rings. The van der Waals surface area contributed by atoms with Gasteiger partial charge in [0, 0.05) is 34.4 Å². The second-order valence-corrected chi connectivity index (χ2v) is 5.46. The molecule has 2 atom stereocenters. The second kappa shape index (κ2) is 4.91. The van der Waals surface area contributed by atoms with Crippen molar-refractivity contribution in [3.63, 3.8) is 0 Å². The summed E-state index contributed by atoms with van der Waals surface area (Å²) in [4.78, 5) is 12.2. The van der Waals surface area contributed by atoms with Gasteiger partial charge in [0.25, 0.3) is 0 Å². The molecule has 0 radical (unpaired) electrons. The van der Waals surface area contributed by atoms with Gasteiger partial charge in [-0.05, 0) is 18.2 Å². The fourth-order valence-corrected chi connectivity index (χ4v) is 3.19. The number of carbonyl (C=O) groups is 1. The van der Waals surface area contributed by atoms with Crippen LogP contribution in [0, 0.1) is 11.6 Å². The van der Waals surface area contributed by atoms with E-state index in [2.05, 4.69) is 0 Å². The Labute approximate surface area is 99.9 Å². The van der Waals surface area contributed by atoms with E-state index >= 15 is 0 Å². The predicted molar refractivity (Wildman–Crippen MR) is 59.7 cm³/mol. The summed E-state index contributed by atoms with van der Waals surface area (Å²) < 4.78 is 38.1. The van der Waals surface area contributed by atoms with Crippen LogP contribution < -0.4 is 0 Å². The van der Waals surface area contributed by atoms with Gasteiger partial charge in [-0.1, -0.05) is 0 Å². The van der Waals surface area contributed by atoms with E-state index in [9.17, 15) is 17.8 Å². The third-order valence-corrected chi connectivity index (χ3v) is 4.10. The van der Waals surface area contributed by atoms with E-state index in [1.54, 1.807) is 0 Å². The summed E-state index contributed by atoms with van der Waals surface area (Å²) in [5.41, 5.74) is 0.0881. The van der Waals surface area contributed by atoms with E-state index in [4.69, 9.17) is 0 Å². The molecule has 0 saturated carbocycles. The lowest BCUT2D eigenvalue weighted by atomic mass is 10.1. The Bertz CT molecular complexity index is 467. The molecule has 17 heavy (non-hydrogen) atoms. The van der Waals surface area contributed by atoms with E-state index in [1.165, 1.54) is 4.90 Å². The number of hydrogen-bond acceptors (Lipinski definition) is 2. The largest absolute Gasteiger partial charge is 0.336 e. The molecule has 0 aromatic heterocycles. The molecule has 0 bridgehead atoms. The van der Waals surface area contributed by atoms with Crippen molar-refractivity contribution in [2.24, 2.45) is 0 Å². The molecule has 2 rings (SSSR count). The van der Waals surface area contributed by atoms with Gasteiger partial charge < -0.3 is 4.90 Å². The van der Waals surface area contributed by atoms with E-state index < -0.39 is 28.5 Å². The first-order valence-corrected chi connectivity index (χ1v) is 6.61. The topological polar surface area (TPSA) is 37.4 Å². The van der Waals surface area contributed by atoms with E-state index in [0.717, 1.165) is 18.2 Å². The summed E-state index contributed by atoms with van der Waals surface area (Å²) in [5, 5.41) is 0. The zero-order valence-corrected chi connectivity index (χ0v) is 9.75. The number of hydrogen-bond donors (Lipinski definition) is 0. The Morgan fingerprint density at radius 1 is 1.41 bits per heavy atom. The Balaban J connectivity index is 2.38. The number of nitrogens with zero attached hydrogens (tertiary/aromatic N) is 1. The van der Waals surface area contributed by atoms with Crippen molar-refractivity contribution in [3.8, 4) is 0 Å². The zero-order chi connectivity index (χ0) is 12.4. The molecule has 92 valence electrons. The quantitative estimate of drug-likeness (QED) is 0.749. The first kappa shape index (κ1) is 12.2. The molecule has 3 nitrogen and oxygen atoms in total. The average molecular weight is 259 g/mol. The molecule has 6 heteroatoms. The van der Waals surface area contributed by atoms with Crippen LogP contribution in [-0.4, -0.2) is 33.6 Å². The maximum Gasteiger partial charge on any atom is 0.210 e. The SMILES string of the molecule is O=CN1CCS(=O)CC1c1cc(F)ccc1F. The van der Waals surface area contributed by atoms with Gasteiger partial charge in [0.1, 0.15) is 11.6 Å². The lowest BCUT2D eigenvalue weighted by Gasteiger charge is -2.32. The molecule has 1 aliphatic heterocycles. The fourth-order valence-electron chi connectivity index (χ4n) is 1.88. The van der Waals surface area contributed by atoms with Crippen LogP contribution in [0.25, 0.3) is 0 Å². The number of carbonyl (C=O) groups excluding carboxylic acids is 1. The normalized spacial score (nSPS) is 24.7. The summed E-state index contributed by atoms with van der Waals surface area (Å²) in [6, 6.07) is 2.45. The highest BCUT2D eigenvalue weighted by Gasteiger charge is 2.28. The molecule has 0 N–H and O–H groups in total. The van der Waals surface area contributed by atoms with E-state index in [0.29, 0.717) is 18.7 Å². The van der Waals surface area contributed by atoms with Crippen LogP contribution in [0.5, 0.6) is 0 Å². The van der Waals surface area contributed by atoms with Crippen LogP contribution >= 0.6 is 0 Å². The molecule has 1 heterocycles. The van der Waals surface area contributed by atoms with Gasteiger partial charge in [-0.15, -0.1) is 0 Å². The smallest absolute Gasteiger partial charge is 0.210 e. The number of benzene rings is 1. The molecule has 1 saturated heterocycles. The second-order valence-electron chi connectivity index (χ2n) is 3.84. The first-order valence-electron chi connectivity index (χ1n) is 5.13. The van der Waals surface area contributed by atoms with Crippen LogP contribution in [-0.2, 0) is 15.6 Å². The summed E-state index contributed by atoms with van der Waals surface area (Å²) >= 11 is 0. The van der Waals surface area contributed by atoms with Crippen LogP contribution in [0.3, 0.4) is 0 Å². The van der Waals surface area contributed by atoms with E-state index in [-0.39, 0.29) is 11.3 Å². The molecule has 1 amide bonds. The summed E-state index contributed by atoms with van der Waals surface area (Å²) in [5.74, 6) is -0.614. The highest BCUT2D eigenvalue weighted by Crippen LogP contribution is 2.26. The molecule has 1 aromatic rings. The van der Waals surface area contributed by atoms with Crippen LogP contribution in [0.1, 0.15) is 11.6 Å². The molecule has 0 spiro atoms.